The molecule has 5 heteroatoms. The molecular formula is C23H21N3O2. The summed E-state index contributed by atoms with van der Waals surface area (Å²) in [5.74, 6) is 0.585. The lowest BCUT2D eigenvalue weighted by Crippen LogP contribution is -2.30. The van der Waals surface area contributed by atoms with Crippen LogP contribution in [0.3, 0.4) is 0 Å². The molecule has 4 aromatic rings. The van der Waals surface area contributed by atoms with Gasteiger partial charge in [0.05, 0.1) is 6.42 Å². The fourth-order valence-electron chi connectivity index (χ4n) is 3.27. The van der Waals surface area contributed by atoms with Crippen molar-refractivity contribution in [3.63, 3.8) is 0 Å². The molecule has 0 fully saturated rings. The van der Waals surface area contributed by atoms with Gasteiger partial charge in [0.25, 0.3) is 0 Å². The van der Waals surface area contributed by atoms with E-state index in [1.165, 1.54) is 0 Å². The van der Waals surface area contributed by atoms with E-state index in [1.807, 2.05) is 66.7 Å². The molecule has 1 unspecified atom stereocenters. The first kappa shape index (κ1) is 17.9. The summed E-state index contributed by atoms with van der Waals surface area (Å²) in [6.07, 6.45) is 3.72. The molecule has 1 amide bonds. The van der Waals surface area contributed by atoms with Gasteiger partial charge in [-0.05, 0) is 29.3 Å². The molecule has 2 aromatic heterocycles. The Balaban J connectivity index is 1.61. The lowest BCUT2D eigenvalue weighted by atomic mass is 10.0. The van der Waals surface area contributed by atoms with Gasteiger partial charge in [0.2, 0.25) is 5.91 Å². The number of nitrogens with zero attached hydrogens (tertiary/aromatic N) is 1. The topological polar surface area (TPSA) is 81.2 Å². The van der Waals surface area contributed by atoms with E-state index < -0.39 is 6.04 Å². The molecule has 0 saturated carbocycles. The minimum atomic E-state index is -0.411. The molecule has 0 aliphatic heterocycles. The van der Waals surface area contributed by atoms with Crippen LogP contribution in [0.4, 0.5) is 0 Å². The van der Waals surface area contributed by atoms with Crippen molar-refractivity contribution in [3.05, 3.63) is 102 Å². The molecule has 0 aliphatic rings. The van der Waals surface area contributed by atoms with Gasteiger partial charge in [-0.25, -0.2) is 0 Å². The highest BCUT2D eigenvalue weighted by Gasteiger charge is 2.21. The molecule has 2 aromatic carbocycles. The highest BCUT2D eigenvalue weighted by Crippen LogP contribution is 2.28. The number of fused-ring (bicyclic) bond motifs is 1. The molecule has 0 aliphatic carbocycles. The van der Waals surface area contributed by atoms with Crippen LogP contribution < -0.4 is 11.1 Å². The normalized spacial score (nSPS) is 12.0. The predicted octanol–water partition coefficient (Wildman–Crippen LogP) is 3.73. The van der Waals surface area contributed by atoms with Gasteiger partial charge in [0.15, 0.2) is 0 Å². The third-order valence-corrected chi connectivity index (χ3v) is 4.64. The standard InChI is InChI=1S/C23H21N3O2/c24-14-17-6-3-5-16(11-17)12-22(27)26-23(19-8-4-10-25-15-19)21-13-18-7-1-2-9-20(18)28-21/h1-11,13,15,23H,12,14,24H2,(H,26,27). The lowest BCUT2D eigenvalue weighted by molar-refractivity contribution is -0.121. The van der Waals surface area contributed by atoms with Crippen molar-refractivity contribution in [1.82, 2.24) is 10.3 Å². The second-order valence-corrected chi connectivity index (χ2v) is 6.67. The molecule has 2 heterocycles. The third-order valence-electron chi connectivity index (χ3n) is 4.64. The third kappa shape index (κ3) is 3.94. The average Bonchev–Trinajstić information content (AvgIpc) is 3.16. The minimum Gasteiger partial charge on any atom is -0.459 e. The largest absolute Gasteiger partial charge is 0.459 e. The van der Waals surface area contributed by atoms with Crippen LogP contribution in [0.1, 0.15) is 28.5 Å². The highest BCUT2D eigenvalue weighted by atomic mass is 16.3. The minimum absolute atomic E-state index is 0.0940. The van der Waals surface area contributed by atoms with Gasteiger partial charge in [0, 0.05) is 29.9 Å². The van der Waals surface area contributed by atoms with Gasteiger partial charge < -0.3 is 15.5 Å². The first-order valence-corrected chi connectivity index (χ1v) is 9.18. The van der Waals surface area contributed by atoms with Crippen molar-refractivity contribution in [1.29, 1.82) is 0 Å². The highest BCUT2D eigenvalue weighted by molar-refractivity contribution is 5.81. The number of carbonyl (C=O) groups is 1. The number of rotatable bonds is 6. The number of pyridine rings is 1. The van der Waals surface area contributed by atoms with Crippen molar-refractivity contribution in [2.45, 2.75) is 19.0 Å². The van der Waals surface area contributed by atoms with Gasteiger partial charge in [-0.1, -0.05) is 48.5 Å². The Morgan fingerprint density at radius 2 is 1.89 bits per heavy atom. The van der Waals surface area contributed by atoms with Crippen molar-refractivity contribution in [2.24, 2.45) is 5.73 Å². The van der Waals surface area contributed by atoms with Gasteiger partial charge in [-0.3, -0.25) is 9.78 Å². The van der Waals surface area contributed by atoms with E-state index in [0.717, 1.165) is 27.7 Å². The second-order valence-electron chi connectivity index (χ2n) is 6.67. The van der Waals surface area contributed by atoms with Crippen LogP contribution in [0.5, 0.6) is 0 Å². The number of amides is 1. The molecule has 140 valence electrons. The smallest absolute Gasteiger partial charge is 0.225 e. The average molecular weight is 371 g/mol. The van der Waals surface area contributed by atoms with Crippen molar-refractivity contribution < 1.29 is 9.21 Å². The number of furan rings is 1. The van der Waals surface area contributed by atoms with Crippen LogP contribution in [0.2, 0.25) is 0 Å². The van der Waals surface area contributed by atoms with Crippen molar-refractivity contribution in [2.75, 3.05) is 0 Å². The summed E-state index contributed by atoms with van der Waals surface area (Å²) in [5, 5.41) is 4.09. The summed E-state index contributed by atoms with van der Waals surface area (Å²) in [4.78, 5) is 17.0. The molecule has 0 bridgehead atoms. The Kier molecular flexibility index (Phi) is 5.17. The molecule has 0 saturated heterocycles. The van der Waals surface area contributed by atoms with E-state index in [4.69, 9.17) is 10.2 Å². The number of carbonyl (C=O) groups excluding carboxylic acids is 1. The maximum Gasteiger partial charge on any atom is 0.225 e. The molecule has 28 heavy (non-hydrogen) atoms. The van der Waals surface area contributed by atoms with E-state index in [9.17, 15) is 4.79 Å². The number of hydrogen-bond donors (Lipinski definition) is 2. The SMILES string of the molecule is NCc1cccc(CC(=O)NC(c2cccnc2)c2cc3ccccc3o2)c1. The monoisotopic (exact) mass is 371 g/mol. The Bertz CT molecular complexity index is 1060. The number of hydrogen-bond acceptors (Lipinski definition) is 4. The maximum absolute atomic E-state index is 12.8. The van der Waals surface area contributed by atoms with Crippen LogP contribution in [-0.2, 0) is 17.8 Å². The van der Waals surface area contributed by atoms with Crippen molar-refractivity contribution >= 4 is 16.9 Å². The van der Waals surface area contributed by atoms with Crippen LogP contribution in [0.15, 0.2) is 83.5 Å². The first-order chi connectivity index (χ1) is 13.7. The summed E-state index contributed by atoms with van der Waals surface area (Å²) < 4.78 is 6.01. The van der Waals surface area contributed by atoms with Crippen LogP contribution in [0, 0.1) is 0 Å². The summed E-state index contributed by atoms with van der Waals surface area (Å²) in [5.41, 5.74) is 9.29. The van der Waals surface area contributed by atoms with E-state index >= 15 is 0 Å². The Morgan fingerprint density at radius 1 is 1.04 bits per heavy atom. The fraction of sp³-hybridized carbons (Fsp3) is 0.130. The van der Waals surface area contributed by atoms with Gasteiger partial charge in [0.1, 0.15) is 17.4 Å². The van der Waals surface area contributed by atoms with E-state index in [0.29, 0.717) is 12.3 Å². The maximum atomic E-state index is 12.8. The number of aromatic nitrogens is 1. The van der Waals surface area contributed by atoms with Gasteiger partial charge >= 0.3 is 0 Å². The Morgan fingerprint density at radius 3 is 2.68 bits per heavy atom. The van der Waals surface area contributed by atoms with E-state index in [2.05, 4.69) is 10.3 Å². The molecule has 3 N–H and O–H groups in total. The number of nitrogens with one attached hydrogen (secondary N) is 1. The van der Waals surface area contributed by atoms with Crippen LogP contribution in [0.25, 0.3) is 11.0 Å². The molecule has 1 atom stereocenters. The van der Waals surface area contributed by atoms with Gasteiger partial charge in [-0.15, -0.1) is 0 Å². The zero-order valence-corrected chi connectivity index (χ0v) is 15.3. The zero-order chi connectivity index (χ0) is 19.3. The number of benzene rings is 2. The first-order valence-electron chi connectivity index (χ1n) is 9.18. The Hall–Kier alpha value is -3.44. The summed E-state index contributed by atoms with van der Waals surface area (Å²) >= 11 is 0. The van der Waals surface area contributed by atoms with Crippen molar-refractivity contribution in [3.8, 4) is 0 Å². The second kappa shape index (κ2) is 8.06. The summed E-state index contributed by atoms with van der Waals surface area (Å²) in [6.45, 7) is 0.451. The Labute approximate surface area is 163 Å². The van der Waals surface area contributed by atoms with E-state index in [1.54, 1.807) is 12.4 Å². The molecular weight excluding hydrogens is 350 g/mol. The molecule has 0 radical (unpaired) electrons. The molecule has 5 nitrogen and oxygen atoms in total. The lowest BCUT2D eigenvalue weighted by Gasteiger charge is -2.17. The molecule has 0 spiro atoms. The van der Waals surface area contributed by atoms with Gasteiger partial charge in [-0.2, -0.15) is 0 Å². The van der Waals surface area contributed by atoms with Crippen LogP contribution >= 0.6 is 0 Å². The number of nitrogens with two attached hydrogens (primary N) is 1. The van der Waals surface area contributed by atoms with Crippen LogP contribution in [-0.4, -0.2) is 10.9 Å². The van der Waals surface area contributed by atoms with E-state index in [-0.39, 0.29) is 12.3 Å². The summed E-state index contributed by atoms with van der Waals surface area (Å²) in [6, 6.07) is 20.9. The fourth-order valence-corrected chi connectivity index (χ4v) is 3.27. The summed E-state index contributed by atoms with van der Waals surface area (Å²) in [7, 11) is 0. The zero-order valence-electron chi connectivity index (χ0n) is 15.3. The molecule has 4 rings (SSSR count). The quantitative estimate of drug-likeness (QED) is 0.541. The number of para-hydroxylation sites is 1. The predicted molar refractivity (Wildman–Crippen MR) is 108 cm³/mol.